The second-order valence-corrected chi connectivity index (χ2v) is 6.65. The maximum Gasteiger partial charge on any atom is 0.241 e. The molecule has 0 aliphatic rings. The van der Waals surface area contributed by atoms with Gasteiger partial charge in [0, 0.05) is 6.20 Å². The number of hydrogen-bond acceptors (Lipinski definition) is 4. The number of rotatable bonds is 4. The minimum Gasteiger partial charge on any atom is -0.362 e. The molecule has 21 heavy (non-hydrogen) atoms. The van der Waals surface area contributed by atoms with E-state index >= 15 is 0 Å². The highest BCUT2D eigenvalue weighted by atomic mass is 32.2. The van der Waals surface area contributed by atoms with Crippen molar-refractivity contribution < 1.29 is 8.42 Å². The van der Waals surface area contributed by atoms with E-state index in [2.05, 4.69) is 16.4 Å². The van der Waals surface area contributed by atoms with Crippen molar-refractivity contribution in [3.63, 3.8) is 0 Å². The SMILES string of the molecule is Cc1ccc(C)c(C(C)Nc2ncccc2S(N)(=O)=O)c1. The van der Waals surface area contributed by atoms with Gasteiger partial charge >= 0.3 is 0 Å². The number of primary sulfonamides is 1. The van der Waals surface area contributed by atoms with E-state index in [1.54, 1.807) is 6.07 Å². The van der Waals surface area contributed by atoms with Crippen molar-refractivity contribution >= 4 is 15.8 Å². The quantitative estimate of drug-likeness (QED) is 0.909. The highest BCUT2D eigenvalue weighted by Gasteiger charge is 2.17. The molecule has 112 valence electrons. The molecule has 0 aliphatic carbocycles. The standard InChI is InChI=1S/C15H19N3O2S/c1-10-6-7-11(2)13(9-10)12(3)18-15-14(21(16,19)20)5-4-8-17-15/h4-9,12H,1-3H3,(H,17,18)(H2,16,19,20). The van der Waals surface area contributed by atoms with Crippen LogP contribution < -0.4 is 10.5 Å². The lowest BCUT2D eigenvalue weighted by Crippen LogP contribution is -2.17. The third kappa shape index (κ3) is 3.59. The van der Waals surface area contributed by atoms with Gasteiger partial charge in [-0.15, -0.1) is 0 Å². The zero-order valence-corrected chi connectivity index (χ0v) is 13.1. The van der Waals surface area contributed by atoms with Gasteiger partial charge in [0.1, 0.15) is 10.7 Å². The van der Waals surface area contributed by atoms with Crippen LogP contribution in [0.2, 0.25) is 0 Å². The second-order valence-electron chi connectivity index (χ2n) is 5.12. The van der Waals surface area contributed by atoms with Crippen LogP contribution >= 0.6 is 0 Å². The molecule has 0 amide bonds. The number of nitrogens with one attached hydrogen (secondary N) is 1. The van der Waals surface area contributed by atoms with Crippen LogP contribution in [0.4, 0.5) is 5.82 Å². The number of benzene rings is 1. The molecule has 5 nitrogen and oxygen atoms in total. The number of anilines is 1. The van der Waals surface area contributed by atoms with Gasteiger partial charge in [0.2, 0.25) is 10.0 Å². The van der Waals surface area contributed by atoms with Crippen molar-refractivity contribution in [2.24, 2.45) is 5.14 Å². The molecule has 2 aromatic rings. The normalized spacial score (nSPS) is 13.0. The molecule has 1 unspecified atom stereocenters. The zero-order valence-electron chi connectivity index (χ0n) is 12.3. The molecule has 2 rings (SSSR count). The minimum atomic E-state index is -3.80. The lowest BCUT2D eigenvalue weighted by Gasteiger charge is -2.19. The molecule has 0 spiro atoms. The summed E-state index contributed by atoms with van der Waals surface area (Å²) in [5.41, 5.74) is 3.38. The summed E-state index contributed by atoms with van der Waals surface area (Å²) in [6, 6.07) is 9.07. The van der Waals surface area contributed by atoms with E-state index in [4.69, 9.17) is 5.14 Å². The first-order valence-corrected chi connectivity index (χ1v) is 8.15. The Labute approximate surface area is 125 Å². The highest BCUT2D eigenvalue weighted by Crippen LogP contribution is 2.25. The summed E-state index contributed by atoms with van der Waals surface area (Å²) in [4.78, 5) is 4.09. The first-order chi connectivity index (χ1) is 9.79. The van der Waals surface area contributed by atoms with E-state index in [1.165, 1.54) is 12.3 Å². The Kier molecular flexibility index (Phi) is 4.29. The molecule has 0 saturated carbocycles. The fraction of sp³-hybridized carbons (Fsp3) is 0.267. The molecule has 0 bridgehead atoms. The fourth-order valence-electron chi connectivity index (χ4n) is 2.24. The Morgan fingerprint density at radius 2 is 1.95 bits per heavy atom. The minimum absolute atomic E-state index is 0.00200. The third-order valence-corrected chi connectivity index (χ3v) is 4.27. The molecule has 0 radical (unpaired) electrons. The predicted octanol–water partition coefficient (Wildman–Crippen LogP) is 2.52. The molecule has 0 fully saturated rings. The third-order valence-electron chi connectivity index (χ3n) is 3.33. The summed E-state index contributed by atoms with van der Waals surface area (Å²) in [7, 11) is -3.80. The van der Waals surface area contributed by atoms with Crippen molar-refractivity contribution in [3.8, 4) is 0 Å². The first kappa shape index (κ1) is 15.5. The lowest BCUT2D eigenvalue weighted by molar-refractivity contribution is 0.597. The van der Waals surface area contributed by atoms with Crippen LogP contribution in [0.15, 0.2) is 41.4 Å². The molecule has 1 atom stereocenters. The van der Waals surface area contributed by atoms with Gasteiger partial charge in [-0.2, -0.15) is 0 Å². The summed E-state index contributed by atoms with van der Waals surface area (Å²) in [5, 5.41) is 8.35. The molecular weight excluding hydrogens is 286 g/mol. The van der Waals surface area contributed by atoms with Gasteiger partial charge in [-0.3, -0.25) is 0 Å². The van der Waals surface area contributed by atoms with Gasteiger partial charge in [0.25, 0.3) is 0 Å². The van der Waals surface area contributed by atoms with Gasteiger partial charge in [0.15, 0.2) is 0 Å². The average molecular weight is 305 g/mol. The first-order valence-electron chi connectivity index (χ1n) is 6.60. The van der Waals surface area contributed by atoms with Crippen molar-refractivity contribution in [1.82, 2.24) is 4.98 Å². The number of sulfonamides is 1. The van der Waals surface area contributed by atoms with E-state index in [9.17, 15) is 8.42 Å². The van der Waals surface area contributed by atoms with Crippen molar-refractivity contribution in [3.05, 3.63) is 53.2 Å². The number of aryl methyl sites for hydroxylation is 2. The van der Waals surface area contributed by atoms with Crippen molar-refractivity contribution in [1.29, 1.82) is 0 Å². The van der Waals surface area contributed by atoms with Crippen molar-refractivity contribution in [2.75, 3.05) is 5.32 Å². The number of nitrogens with zero attached hydrogens (tertiary/aromatic N) is 1. The molecule has 1 aromatic carbocycles. The molecule has 3 N–H and O–H groups in total. The molecule has 0 saturated heterocycles. The van der Waals surface area contributed by atoms with Gasteiger partial charge in [-0.05, 0) is 44.0 Å². The van der Waals surface area contributed by atoms with Crippen LogP contribution in [-0.2, 0) is 10.0 Å². The molecular formula is C15H19N3O2S. The summed E-state index contributed by atoms with van der Waals surface area (Å²) < 4.78 is 23.2. The summed E-state index contributed by atoms with van der Waals surface area (Å²) in [5.74, 6) is 0.272. The Bertz CT molecular complexity index is 757. The monoisotopic (exact) mass is 305 g/mol. The van der Waals surface area contributed by atoms with E-state index in [0.29, 0.717) is 0 Å². The topological polar surface area (TPSA) is 85.1 Å². The second kappa shape index (κ2) is 5.83. The molecule has 1 aromatic heterocycles. The van der Waals surface area contributed by atoms with Crippen LogP contribution in [0.3, 0.4) is 0 Å². The molecule has 6 heteroatoms. The van der Waals surface area contributed by atoms with Crippen LogP contribution in [0, 0.1) is 13.8 Å². The largest absolute Gasteiger partial charge is 0.362 e. The predicted molar refractivity (Wildman–Crippen MR) is 83.6 cm³/mol. The fourth-order valence-corrected chi connectivity index (χ4v) is 2.89. The summed E-state index contributed by atoms with van der Waals surface area (Å²) in [6.07, 6.45) is 1.53. The van der Waals surface area contributed by atoms with E-state index < -0.39 is 10.0 Å². The van der Waals surface area contributed by atoms with Crippen LogP contribution in [0.1, 0.15) is 29.7 Å². The summed E-state index contributed by atoms with van der Waals surface area (Å²) in [6.45, 7) is 6.00. The number of hydrogen-bond donors (Lipinski definition) is 2. The van der Waals surface area contributed by atoms with Gasteiger partial charge < -0.3 is 5.32 Å². The maximum absolute atomic E-state index is 11.6. The average Bonchev–Trinajstić information content (AvgIpc) is 2.41. The highest BCUT2D eigenvalue weighted by molar-refractivity contribution is 7.89. The summed E-state index contributed by atoms with van der Waals surface area (Å²) >= 11 is 0. The van der Waals surface area contributed by atoms with E-state index in [1.807, 2.05) is 32.9 Å². The maximum atomic E-state index is 11.6. The van der Waals surface area contributed by atoms with Crippen molar-refractivity contribution in [2.45, 2.75) is 31.7 Å². The number of aromatic nitrogens is 1. The molecule has 0 aliphatic heterocycles. The number of nitrogens with two attached hydrogens (primary N) is 1. The van der Waals surface area contributed by atoms with Gasteiger partial charge in [-0.1, -0.05) is 23.8 Å². The Morgan fingerprint density at radius 1 is 1.24 bits per heavy atom. The Balaban J connectivity index is 2.37. The Hall–Kier alpha value is -1.92. The van der Waals surface area contributed by atoms with Crippen LogP contribution in [0.25, 0.3) is 0 Å². The van der Waals surface area contributed by atoms with Gasteiger partial charge in [-0.25, -0.2) is 18.5 Å². The lowest BCUT2D eigenvalue weighted by atomic mass is 10.00. The van der Waals surface area contributed by atoms with E-state index in [0.717, 1.165) is 16.7 Å². The van der Waals surface area contributed by atoms with Crippen LogP contribution in [0.5, 0.6) is 0 Å². The smallest absolute Gasteiger partial charge is 0.241 e. The number of pyridine rings is 1. The van der Waals surface area contributed by atoms with E-state index in [-0.39, 0.29) is 16.8 Å². The Morgan fingerprint density at radius 3 is 2.62 bits per heavy atom. The van der Waals surface area contributed by atoms with Crippen LogP contribution in [-0.4, -0.2) is 13.4 Å². The zero-order chi connectivity index (χ0) is 15.6. The van der Waals surface area contributed by atoms with Gasteiger partial charge in [0.05, 0.1) is 6.04 Å². The molecule has 1 heterocycles.